The summed E-state index contributed by atoms with van der Waals surface area (Å²) in [5.41, 5.74) is 1.51. The summed E-state index contributed by atoms with van der Waals surface area (Å²) in [6, 6.07) is 7.18. The Morgan fingerprint density at radius 2 is 1.74 bits per heavy atom. The zero-order chi connectivity index (χ0) is 22.0. The number of piperazine rings is 1. The van der Waals surface area contributed by atoms with Crippen molar-refractivity contribution in [1.82, 2.24) is 9.80 Å². The number of amides is 1. The molecule has 2 aromatic carbocycles. The number of fused-ring (bicyclic) bond motifs is 1. The molecule has 0 aromatic heterocycles. The van der Waals surface area contributed by atoms with Crippen LogP contribution in [0.4, 0.5) is 0 Å². The highest BCUT2D eigenvalue weighted by Gasteiger charge is 2.27. The van der Waals surface area contributed by atoms with Crippen LogP contribution in [0.2, 0.25) is 5.02 Å². The molecule has 1 amide bonds. The molecule has 2 aliphatic heterocycles. The van der Waals surface area contributed by atoms with E-state index in [0.717, 1.165) is 18.7 Å². The third kappa shape index (κ3) is 4.18. The second kappa shape index (κ2) is 9.11. The van der Waals surface area contributed by atoms with E-state index in [2.05, 4.69) is 4.90 Å². The van der Waals surface area contributed by atoms with Gasteiger partial charge in [0.25, 0.3) is 5.91 Å². The number of ether oxygens (including phenoxy) is 5. The molecule has 9 heteroatoms. The summed E-state index contributed by atoms with van der Waals surface area (Å²) >= 11 is 6.23. The normalized spacial score (nSPS) is 15.7. The molecule has 0 radical (unpaired) electrons. The zero-order valence-corrected chi connectivity index (χ0v) is 18.5. The molecular formula is C22H25ClN2O6. The summed E-state index contributed by atoms with van der Waals surface area (Å²) in [5.74, 6) is 2.80. The highest BCUT2D eigenvalue weighted by Crippen LogP contribution is 2.41. The highest BCUT2D eigenvalue weighted by atomic mass is 35.5. The Bertz CT molecular complexity index is 975. The predicted molar refractivity (Wildman–Crippen MR) is 115 cm³/mol. The van der Waals surface area contributed by atoms with Crippen molar-refractivity contribution in [3.63, 3.8) is 0 Å². The maximum absolute atomic E-state index is 13.0. The van der Waals surface area contributed by atoms with E-state index in [1.807, 2.05) is 17.0 Å². The van der Waals surface area contributed by atoms with Crippen LogP contribution in [0.15, 0.2) is 24.3 Å². The van der Waals surface area contributed by atoms with Gasteiger partial charge in [0.1, 0.15) is 0 Å². The van der Waals surface area contributed by atoms with Crippen LogP contribution in [-0.4, -0.2) is 70.0 Å². The van der Waals surface area contributed by atoms with Crippen molar-refractivity contribution >= 4 is 17.5 Å². The minimum atomic E-state index is -0.0662. The van der Waals surface area contributed by atoms with Crippen LogP contribution in [0, 0.1) is 0 Å². The summed E-state index contributed by atoms with van der Waals surface area (Å²) in [6.07, 6.45) is 0. The van der Waals surface area contributed by atoms with Crippen LogP contribution in [0.3, 0.4) is 0 Å². The second-order valence-corrected chi connectivity index (χ2v) is 7.66. The van der Waals surface area contributed by atoms with Crippen LogP contribution in [0.1, 0.15) is 15.9 Å². The molecule has 0 atom stereocenters. The van der Waals surface area contributed by atoms with Gasteiger partial charge < -0.3 is 28.6 Å². The first-order chi connectivity index (χ1) is 15.0. The van der Waals surface area contributed by atoms with Gasteiger partial charge in [0.05, 0.1) is 26.4 Å². The first-order valence-corrected chi connectivity index (χ1v) is 10.3. The van der Waals surface area contributed by atoms with Crippen molar-refractivity contribution in [2.75, 3.05) is 54.3 Å². The lowest BCUT2D eigenvalue weighted by Crippen LogP contribution is -2.48. The Labute approximate surface area is 186 Å². The van der Waals surface area contributed by atoms with Crippen LogP contribution in [-0.2, 0) is 6.54 Å². The quantitative estimate of drug-likeness (QED) is 0.672. The van der Waals surface area contributed by atoms with Crippen molar-refractivity contribution in [2.24, 2.45) is 0 Å². The third-order valence-electron chi connectivity index (χ3n) is 5.51. The molecule has 0 N–H and O–H groups in total. The minimum Gasteiger partial charge on any atom is -0.493 e. The van der Waals surface area contributed by atoms with E-state index >= 15 is 0 Å². The van der Waals surface area contributed by atoms with Crippen molar-refractivity contribution in [3.8, 4) is 28.7 Å². The van der Waals surface area contributed by atoms with Crippen molar-refractivity contribution in [1.29, 1.82) is 0 Å². The molecule has 2 aromatic rings. The number of benzene rings is 2. The topological polar surface area (TPSA) is 69.7 Å². The summed E-state index contributed by atoms with van der Waals surface area (Å²) in [4.78, 5) is 17.1. The molecule has 0 bridgehead atoms. The van der Waals surface area contributed by atoms with Gasteiger partial charge in [-0.2, -0.15) is 0 Å². The highest BCUT2D eigenvalue weighted by molar-refractivity contribution is 6.32. The standard InChI is InChI=1S/C22H25ClN2O6/c1-27-17-5-4-14(19(28-2)21(17)29-3)12-24-6-8-25(9-7-24)22(26)15-10-16(23)20-18(11-15)30-13-31-20/h4-5,10-11H,6-9,12-13H2,1-3H3. The van der Waals surface area contributed by atoms with Gasteiger partial charge in [-0.15, -0.1) is 0 Å². The SMILES string of the molecule is COc1ccc(CN2CCN(C(=O)c3cc(Cl)c4c(c3)OCO4)CC2)c(OC)c1OC. The van der Waals surface area contributed by atoms with E-state index in [1.165, 1.54) is 0 Å². The van der Waals surface area contributed by atoms with Crippen molar-refractivity contribution in [2.45, 2.75) is 6.54 Å². The molecule has 0 spiro atoms. The molecular weight excluding hydrogens is 424 g/mol. The molecule has 166 valence electrons. The van der Waals surface area contributed by atoms with E-state index in [9.17, 15) is 4.79 Å². The van der Waals surface area contributed by atoms with Gasteiger partial charge in [-0.05, 0) is 18.2 Å². The van der Waals surface area contributed by atoms with Gasteiger partial charge in [0, 0.05) is 43.9 Å². The zero-order valence-electron chi connectivity index (χ0n) is 17.8. The van der Waals surface area contributed by atoms with Gasteiger partial charge in [0.15, 0.2) is 23.0 Å². The Morgan fingerprint density at radius 3 is 2.42 bits per heavy atom. The molecule has 0 aliphatic carbocycles. The summed E-state index contributed by atoms with van der Waals surface area (Å²) in [7, 11) is 4.81. The third-order valence-corrected chi connectivity index (χ3v) is 5.79. The summed E-state index contributed by atoms with van der Waals surface area (Å²) < 4.78 is 27.1. The Kier molecular flexibility index (Phi) is 6.29. The number of rotatable bonds is 6. The fourth-order valence-electron chi connectivity index (χ4n) is 3.91. The monoisotopic (exact) mass is 448 g/mol. The van der Waals surface area contributed by atoms with E-state index in [4.69, 9.17) is 35.3 Å². The molecule has 0 saturated carbocycles. The number of hydrogen-bond acceptors (Lipinski definition) is 7. The minimum absolute atomic E-state index is 0.0662. The van der Waals surface area contributed by atoms with E-state index in [1.54, 1.807) is 33.5 Å². The number of carbonyl (C=O) groups excluding carboxylic acids is 1. The maximum Gasteiger partial charge on any atom is 0.254 e. The van der Waals surface area contributed by atoms with Gasteiger partial charge in [-0.25, -0.2) is 0 Å². The molecule has 4 rings (SSSR count). The van der Waals surface area contributed by atoms with Crippen LogP contribution in [0.25, 0.3) is 0 Å². The second-order valence-electron chi connectivity index (χ2n) is 7.25. The Hall–Kier alpha value is -2.84. The van der Waals surface area contributed by atoms with Gasteiger partial charge >= 0.3 is 0 Å². The fraction of sp³-hybridized carbons (Fsp3) is 0.409. The smallest absolute Gasteiger partial charge is 0.254 e. The summed E-state index contributed by atoms with van der Waals surface area (Å²) in [6.45, 7) is 3.50. The molecule has 2 heterocycles. The number of hydrogen-bond donors (Lipinski definition) is 0. The predicted octanol–water partition coefficient (Wildman–Crippen LogP) is 3.05. The van der Waals surface area contributed by atoms with Crippen LogP contribution in [0.5, 0.6) is 28.7 Å². The van der Waals surface area contributed by atoms with Gasteiger partial charge in [-0.1, -0.05) is 17.7 Å². The molecule has 1 fully saturated rings. The van der Waals surface area contributed by atoms with Crippen LogP contribution >= 0.6 is 11.6 Å². The number of nitrogens with zero attached hydrogens (tertiary/aromatic N) is 2. The average molecular weight is 449 g/mol. The lowest BCUT2D eigenvalue weighted by Gasteiger charge is -2.35. The fourth-order valence-corrected chi connectivity index (χ4v) is 4.18. The van der Waals surface area contributed by atoms with Crippen molar-refractivity contribution in [3.05, 3.63) is 40.4 Å². The average Bonchev–Trinajstić information content (AvgIpc) is 3.28. The van der Waals surface area contributed by atoms with Gasteiger partial charge in [-0.3, -0.25) is 9.69 Å². The lowest BCUT2D eigenvalue weighted by atomic mass is 10.1. The number of methoxy groups -OCH3 is 3. The number of carbonyl (C=O) groups is 1. The molecule has 31 heavy (non-hydrogen) atoms. The first-order valence-electron chi connectivity index (χ1n) is 9.94. The van der Waals surface area contributed by atoms with E-state index in [-0.39, 0.29) is 12.7 Å². The Morgan fingerprint density at radius 1 is 1.00 bits per heavy atom. The van der Waals surface area contributed by atoms with Crippen LogP contribution < -0.4 is 23.7 Å². The molecule has 2 aliphatic rings. The Balaban J connectivity index is 1.42. The number of halogens is 1. The lowest BCUT2D eigenvalue weighted by molar-refractivity contribution is 0.0627. The first kappa shape index (κ1) is 21.4. The van der Waals surface area contributed by atoms with E-state index in [0.29, 0.717) is 59.0 Å². The largest absolute Gasteiger partial charge is 0.493 e. The molecule has 8 nitrogen and oxygen atoms in total. The van der Waals surface area contributed by atoms with Crippen molar-refractivity contribution < 1.29 is 28.5 Å². The summed E-state index contributed by atoms with van der Waals surface area (Å²) in [5, 5.41) is 0.387. The van der Waals surface area contributed by atoms with E-state index < -0.39 is 0 Å². The van der Waals surface area contributed by atoms with Gasteiger partial charge in [0.2, 0.25) is 12.5 Å². The molecule has 0 unspecified atom stereocenters. The maximum atomic E-state index is 13.0. The molecule has 1 saturated heterocycles.